The SMILES string of the molecule is CCCNc1ncnc(NCc2ccc(OC)cc2)c1C. The fourth-order valence-corrected chi connectivity index (χ4v) is 1.98. The fraction of sp³-hybridized carbons (Fsp3) is 0.375. The summed E-state index contributed by atoms with van der Waals surface area (Å²) < 4.78 is 5.16. The van der Waals surface area contributed by atoms with Gasteiger partial charge in [0.15, 0.2) is 0 Å². The predicted molar refractivity (Wildman–Crippen MR) is 85.9 cm³/mol. The van der Waals surface area contributed by atoms with Gasteiger partial charge in [0, 0.05) is 18.7 Å². The Balaban J connectivity index is 2.01. The summed E-state index contributed by atoms with van der Waals surface area (Å²) in [7, 11) is 1.67. The standard InChI is InChI=1S/C16H22N4O/c1-4-9-17-15-12(2)16(20-11-19-15)18-10-13-5-7-14(21-3)8-6-13/h5-8,11H,4,9-10H2,1-3H3,(H2,17,18,19,20). The molecule has 5 nitrogen and oxygen atoms in total. The van der Waals surface area contributed by atoms with Crippen molar-refractivity contribution in [3.05, 3.63) is 41.7 Å². The number of hydrogen-bond acceptors (Lipinski definition) is 5. The summed E-state index contributed by atoms with van der Waals surface area (Å²) in [6.07, 6.45) is 2.65. The molecule has 0 radical (unpaired) electrons. The minimum atomic E-state index is 0.717. The quantitative estimate of drug-likeness (QED) is 0.818. The zero-order chi connectivity index (χ0) is 15.1. The van der Waals surface area contributed by atoms with E-state index in [-0.39, 0.29) is 0 Å². The minimum absolute atomic E-state index is 0.717. The van der Waals surface area contributed by atoms with Crippen LogP contribution in [-0.2, 0) is 6.54 Å². The van der Waals surface area contributed by atoms with Crippen LogP contribution in [0, 0.1) is 6.92 Å². The molecule has 1 aromatic heterocycles. The molecule has 0 saturated heterocycles. The van der Waals surface area contributed by atoms with Crippen molar-refractivity contribution in [2.45, 2.75) is 26.8 Å². The van der Waals surface area contributed by atoms with Crippen molar-refractivity contribution in [1.82, 2.24) is 9.97 Å². The van der Waals surface area contributed by atoms with Crippen LogP contribution in [0.3, 0.4) is 0 Å². The lowest BCUT2D eigenvalue weighted by Gasteiger charge is -2.12. The first kappa shape index (κ1) is 15.1. The number of nitrogens with one attached hydrogen (secondary N) is 2. The third-order valence-electron chi connectivity index (χ3n) is 3.25. The van der Waals surface area contributed by atoms with Crippen LogP contribution in [0.1, 0.15) is 24.5 Å². The molecule has 0 spiro atoms. The van der Waals surface area contributed by atoms with Gasteiger partial charge < -0.3 is 15.4 Å². The van der Waals surface area contributed by atoms with Crippen LogP contribution in [0.25, 0.3) is 0 Å². The molecule has 0 fully saturated rings. The molecular formula is C16H22N4O. The first-order valence-corrected chi connectivity index (χ1v) is 7.17. The summed E-state index contributed by atoms with van der Waals surface area (Å²) in [6.45, 7) is 5.78. The average molecular weight is 286 g/mol. The lowest BCUT2D eigenvalue weighted by Crippen LogP contribution is -2.08. The molecule has 0 atom stereocenters. The molecule has 2 N–H and O–H groups in total. The van der Waals surface area contributed by atoms with E-state index in [9.17, 15) is 0 Å². The van der Waals surface area contributed by atoms with E-state index < -0.39 is 0 Å². The van der Waals surface area contributed by atoms with Gasteiger partial charge in [0.2, 0.25) is 0 Å². The summed E-state index contributed by atoms with van der Waals surface area (Å²) in [5, 5.41) is 6.66. The minimum Gasteiger partial charge on any atom is -0.497 e. The molecule has 0 aliphatic rings. The molecule has 2 aromatic rings. The van der Waals surface area contributed by atoms with Gasteiger partial charge in [-0.15, -0.1) is 0 Å². The number of aromatic nitrogens is 2. The van der Waals surface area contributed by atoms with Gasteiger partial charge in [0.05, 0.1) is 7.11 Å². The molecule has 0 unspecified atom stereocenters. The molecule has 1 aromatic carbocycles. The van der Waals surface area contributed by atoms with E-state index in [0.717, 1.165) is 42.5 Å². The number of rotatable bonds is 7. The van der Waals surface area contributed by atoms with Gasteiger partial charge in [-0.1, -0.05) is 19.1 Å². The summed E-state index contributed by atoms with van der Waals surface area (Å²) in [6, 6.07) is 7.99. The molecule has 0 saturated carbocycles. The zero-order valence-corrected chi connectivity index (χ0v) is 12.8. The Labute approximate surface area is 125 Å². The van der Waals surface area contributed by atoms with E-state index in [1.54, 1.807) is 13.4 Å². The fourth-order valence-electron chi connectivity index (χ4n) is 1.98. The number of methoxy groups -OCH3 is 1. The topological polar surface area (TPSA) is 59.1 Å². The van der Waals surface area contributed by atoms with Crippen molar-refractivity contribution in [2.75, 3.05) is 24.3 Å². The lowest BCUT2D eigenvalue weighted by molar-refractivity contribution is 0.414. The molecule has 0 aliphatic heterocycles. The predicted octanol–water partition coefficient (Wildman–Crippen LogP) is 3.23. The number of anilines is 2. The van der Waals surface area contributed by atoms with Crippen molar-refractivity contribution in [2.24, 2.45) is 0 Å². The average Bonchev–Trinajstić information content (AvgIpc) is 2.53. The summed E-state index contributed by atoms with van der Waals surface area (Å²) in [4.78, 5) is 8.58. The molecule has 0 amide bonds. The second-order valence-electron chi connectivity index (χ2n) is 4.82. The first-order chi connectivity index (χ1) is 10.2. The molecule has 0 bridgehead atoms. The maximum absolute atomic E-state index is 5.16. The van der Waals surface area contributed by atoms with Gasteiger partial charge in [0.1, 0.15) is 23.7 Å². The molecule has 1 heterocycles. The van der Waals surface area contributed by atoms with Crippen molar-refractivity contribution in [3.8, 4) is 5.75 Å². The highest BCUT2D eigenvalue weighted by Crippen LogP contribution is 2.19. The second-order valence-corrected chi connectivity index (χ2v) is 4.82. The number of ether oxygens (including phenoxy) is 1. The van der Waals surface area contributed by atoms with E-state index in [1.807, 2.05) is 31.2 Å². The van der Waals surface area contributed by atoms with E-state index in [2.05, 4.69) is 27.5 Å². The number of benzene rings is 1. The zero-order valence-electron chi connectivity index (χ0n) is 12.8. The number of nitrogens with zero attached hydrogens (tertiary/aromatic N) is 2. The number of hydrogen-bond donors (Lipinski definition) is 2. The maximum Gasteiger partial charge on any atom is 0.134 e. The molecule has 0 aliphatic carbocycles. The maximum atomic E-state index is 5.16. The van der Waals surface area contributed by atoms with Crippen LogP contribution in [0.2, 0.25) is 0 Å². The Morgan fingerprint density at radius 2 is 1.71 bits per heavy atom. The van der Waals surface area contributed by atoms with E-state index in [4.69, 9.17) is 4.74 Å². The van der Waals surface area contributed by atoms with Gasteiger partial charge in [-0.25, -0.2) is 9.97 Å². The Bertz CT molecular complexity index is 569. The van der Waals surface area contributed by atoms with Crippen LogP contribution >= 0.6 is 0 Å². The van der Waals surface area contributed by atoms with Gasteiger partial charge in [-0.05, 0) is 31.0 Å². The first-order valence-electron chi connectivity index (χ1n) is 7.17. The lowest BCUT2D eigenvalue weighted by atomic mass is 10.2. The largest absolute Gasteiger partial charge is 0.497 e. The summed E-state index contributed by atoms with van der Waals surface area (Å²) in [5.41, 5.74) is 2.22. The van der Waals surface area contributed by atoms with Crippen molar-refractivity contribution >= 4 is 11.6 Å². The third-order valence-corrected chi connectivity index (χ3v) is 3.25. The molecule has 2 rings (SSSR count). The normalized spacial score (nSPS) is 10.2. The second kappa shape index (κ2) is 7.47. The van der Waals surface area contributed by atoms with Gasteiger partial charge in [0.25, 0.3) is 0 Å². The highest BCUT2D eigenvalue weighted by atomic mass is 16.5. The smallest absolute Gasteiger partial charge is 0.134 e. The molecule has 21 heavy (non-hydrogen) atoms. The van der Waals surface area contributed by atoms with Crippen LogP contribution < -0.4 is 15.4 Å². The molecule has 112 valence electrons. The van der Waals surface area contributed by atoms with Crippen LogP contribution in [0.4, 0.5) is 11.6 Å². The summed E-state index contributed by atoms with van der Waals surface area (Å²) in [5.74, 6) is 2.62. The third kappa shape index (κ3) is 4.08. The molecule has 5 heteroatoms. The Morgan fingerprint density at radius 1 is 1.05 bits per heavy atom. The van der Waals surface area contributed by atoms with Crippen LogP contribution in [0.5, 0.6) is 5.75 Å². The van der Waals surface area contributed by atoms with Crippen molar-refractivity contribution < 1.29 is 4.74 Å². The van der Waals surface area contributed by atoms with E-state index >= 15 is 0 Å². The Hall–Kier alpha value is -2.30. The highest BCUT2D eigenvalue weighted by Gasteiger charge is 2.06. The van der Waals surface area contributed by atoms with Gasteiger partial charge >= 0.3 is 0 Å². The van der Waals surface area contributed by atoms with Crippen molar-refractivity contribution in [3.63, 3.8) is 0 Å². The molecular weight excluding hydrogens is 264 g/mol. The Morgan fingerprint density at radius 3 is 2.33 bits per heavy atom. The van der Waals surface area contributed by atoms with E-state index in [1.165, 1.54) is 5.56 Å². The Kier molecular flexibility index (Phi) is 5.37. The van der Waals surface area contributed by atoms with Crippen LogP contribution in [0.15, 0.2) is 30.6 Å². The highest BCUT2D eigenvalue weighted by molar-refractivity contribution is 5.56. The van der Waals surface area contributed by atoms with Crippen LogP contribution in [-0.4, -0.2) is 23.6 Å². The van der Waals surface area contributed by atoms with Gasteiger partial charge in [-0.2, -0.15) is 0 Å². The van der Waals surface area contributed by atoms with Crippen molar-refractivity contribution in [1.29, 1.82) is 0 Å². The monoisotopic (exact) mass is 286 g/mol. The summed E-state index contributed by atoms with van der Waals surface area (Å²) >= 11 is 0. The van der Waals surface area contributed by atoms with E-state index in [0.29, 0.717) is 0 Å². The van der Waals surface area contributed by atoms with Gasteiger partial charge in [-0.3, -0.25) is 0 Å².